The molecule has 198 valence electrons. The van der Waals surface area contributed by atoms with Crippen LogP contribution in [0.4, 0.5) is 0 Å². The number of esters is 1. The molecule has 0 spiro atoms. The average Bonchev–Trinajstić information content (AvgIpc) is 3.19. The molecule has 0 aliphatic carbocycles. The number of nitrogens with zero attached hydrogens (tertiary/aromatic N) is 3. The summed E-state index contributed by atoms with van der Waals surface area (Å²) in [5.74, 6) is -0.377. The standard InChI is InChI=1S/C25H29N3O7S2/c1-5-34-23(29)15-28-21-11-8-19(33-4)12-22(21)36-25(28)26-24(30)18-6-9-20(10-7-18)37(31,32)27-13-16(2)35-17(3)14-27/h6-12,16-17H,5,13-15H2,1-4H3. The summed E-state index contributed by atoms with van der Waals surface area (Å²) in [4.78, 5) is 29.9. The first-order valence-electron chi connectivity index (χ1n) is 11.8. The van der Waals surface area contributed by atoms with Crippen LogP contribution in [0.1, 0.15) is 31.1 Å². The fourth-order valence-electron chi connectivity index (χ4n) is 4.15. The molecule has 4 rings (SSSR count). The van der Waals surface area contributed by atoms with Crippen molar-refractivity contribution in [1.29, 1.82) is 0 Å². The van der Waals surface area contributed by atoms with Gasteiger partial charge in [-0.15, -0.1) is 0 Å². The lowest BCUT2D eigenvalue weighted by molar-refractivity contribution is -0.143. The van der Waals surface area contributed by atoms with Crippen LogP contribution in [0.3, 0.4) is 0 Å². The Morgan fingerprint density at radius 1 is 1.11 bits per heavy atom. The summed E-state index contributed by atoms with van der Waals surface area (Å²) in [6.45, 7) is 6.04. The van der Waals surface area contributed by atoms with Crippen molar-refractivity contribution in [2.24, 2.45) is 4.99 Å². The monoisotopic (exact) mass is 547 g/mol. The van der Waals surface area contributed by atoms with Crippen LogP contribution in [0.15, 0.2) is 52.4 Å². The van der Waals surface area contributed by atoms with E-state index >= 15 is 0 Å². The number of fused-ring (bicyclic) bond motifs is 1. The molecular formula is C25H29N3O7S2. The van der Waals surface area contributed by atoms with E-state index in [-0.39, 0.29) is 48.9 Å². The van der Waals surface area contributed by atoms with Crippen LogP contribution in [-0.4, -0.2) is 68.2 Å². The lowest BCUT2D eigenvalue weighted by Gasteiger charge is -2.34. The van der Waals surface area contributed by atoms with Gasteiger partial charge in [0.15, 0.2) is 4.80 Å². The number of hydrogen-bond donors (Lipinski definition) is 0. The van der Waals surface area contributed by atoms with E-state index in [4.69, 9.17) is 14.2 Å². The molecule has 37 heavy (non-hydrogen) atoms. The number of morpholine rings is 1. The molecule has 1 amide bonds. The number of ether oxygens (including phenoxy) is 3. The van der Waals surface area contributed by atoms with Crippen LogP contribution in [-0.2, 0) is 30.8 Å². The van der Waals surface area contributed by atoms with E-state index < -0.39 is 21.9 Å². The van der Waals surface area contributed by atoms with Gasteiger partial charge in [0.1, 0.15) is 12.3 Å². The molecule has 0 bridgehead atoms. The summed E-state index contributed by atoms with van der Waals surface area (Å²) in [6, 6.07) is 11.1. The Bertz CT molecular complexity index is 1470. The predicted octanol–water partition coefficient (Wildman–Crippen LogP) is 2.81. The molecule has 1 aliphatic rings. The second-order valence-electron chi connectivity index (χ2n) is 8.63. The molecular weight excluding hydrogens is 518 g/mol. The van der Waals surface area contributed by atoms with Crippen molar-refractivity contribution in [1.82, 2.24) is 8.87 Å². The first-order valence-corrected chi connectivity index (χ1v) is 14.1. The van der Waals surface area contributed by atoms with Crippen LogP contribution in [0.5, 0.6) is 5.75 Å². The van der Waals surface area contributed by atoms with Crippen LogP contribution >= 0.6 is 11.3 Å². The second kappa shape index (κ2) is 11.1. The highest BCUT2D eigenvalue weighted by Gasteiger charge is 2.32. The number of carbonyl (C=O) groups excluding carboxylic acids is 2. The minimum Gasteiger partial charge on any atom is -0.497 e. The van der Waals surface area contributed by atoms with Crippen LogP contribution < -0.4 is 9.54 Å². The second-order valence-corrected chi connectivity index (χ2v) is 11.6. The normalized spacial score (nSPS) is 19.2. The number of thiazole rings is 1. The highest BCUT2D eigenvalue weighted by Crippen LogP contribution is 2.24. The summed E-state index contributed by atoms with van der Waals surface area (Å²) >= 11 is 1.24. The van der Waals surface area contributed by atoms with Gasteiger partial charge >= 0.3 is 5.97 Å². The van der Waals surface area contributed by atoms with Crippen molar-refractivity contribution in [2.45, 2.75) is 44.4 Å². The smallest absolute Gasteiger partial charge is 0.326 e. The molecule has 0 saturated carbocycles. The van der Waals surface area contributed by atoms with Gasteiger partial charge in [0.25, 0.3) is 5.91 Å². The molecule has 0 radical (unpaired) electrons. The summed E-state index contributed by atoms with van der Waals surface area (Å²) < 4.78 is 46.0. The SMILES string of the molecule is CCOC(=O)Cn1c(=NC(=O)c2ccc(S(=O)(=O)N3CC(C)OC(C)C3)cc2)sc2cc(OC)ccc21. The Hall–Kier alpha value is -3.06. The maximum absolute atomic E-state index is 13.1. The Labute approximate surface area is 219 Å². The Balaban J connectivity index is 1.65. The number of benzene rings is 2. The van der Waals surface area contributed by atoms with Gasteiger partial charge < -0.3 is 18.8 Å². The fraction of sp³-hybridized carbons (Fsp3) is 0.400. The van der Waals surface area contributed by atoms with Gasteiger partial charge in [-0.05, 0) is 63.2 Å². The number of sulfonamides is 1. The van der Waals surface area contributed by atoms with E-state index in [1.165, 1.54) is 39.9 Å². The minimum absolute atomic E-state index is 0.0942. The Morgan fingerprint density at radius 3 is 2.41 bits per heavy atom. The van der Waals surface area contributed by atoms with Crippen molar-refractivity contribution in [3.05, 3.63) is 52.8 Å². The zero-order chi connectivity index (χ0) is 26.7. The van der Waals surface area contributed by atoms with Crippen molar-refractivity contribution in [3.8, 4) is 5.75 Å². The molecule has 3 aromatic rings. The molecule has 2 atom stereocenters. The van der Waals surface area contributed by atoms with E-state index in [1.807, 2.05) is 13.8 Å². The van der Waals surface area contributed by atoms with Crippen molar-refractivity contribution in [2.75, 3.05) is 26.8 Å². The number of amides is 1. The molecule has 12 heteroatoms. The topological polar surface area (TPSA) is 117 Å². The molecule has 10 nitrogen and oxygen atoms in total. The molecule has 2 unspecified atom stereocenters. The van der Waals surface area contributed by atoms with Crippen molar-refractivity contribution < 1.29 is 32.2 Å². The van der Waals surface area contributed by atoms with Crippen molar-refractivity contribution in [3.63, 3.8) is 0 Å². The van der Waals surface area contributed by atoms with Gasteiger partial charge in [0.2, 0.25) is 10.0 Å². The molecule has 2 aromatic carbocycles. The molecule has 1 saturated heterocycles. The zero-order valence-electron chi connectivity index (χ0n) is 21.0. The third-order valence-electron chi connectivity index (χ3n) is 5.80. The lowest BCUT2D eigenvalue weighted by atomic mass is 10.2. The third kappa shape index (κ3) is 5.93. The van der Waals surface area contributed by atoms with Gasteiger partial charge in [-0.25, -0.2) is 8.42 Å². The maximum Gasteiger partial charge on any atom is 0.326 e. The van der Waals surface area contributed by atoms with Gasteiger partial charge in [-0.1, -0.05) is 11.3 Å². The zero-order valence-corrected chi connectivity index (χ0v) is 22.7. The quantitative estimate of drug-likeness (QED) is 0.418. The number of methoxy groups -OCH3 is 1. The summed E-state index contributed by atoms with van der Waals surface area (Å²) in [7, 11) is -2.18. The summed E-state index contributed by atoms with van der Waals surface area (Å²) in [6.07, 6.45) is -0.415. The van der Waals surface area contributed by atoms with E-state index in [9.17, 15) is 18.0 Å². The van der Waals surface area contributed by atoms with Gasteiger partial charge in [0.05, 0.1) is 41.0 Å². The largest absolute Gasteiger partial charge is 0.497 e. The van der Waals surface area contributed by atoms with E-state index in [1.54, 1.807) is 36.8 Å². The first kappa shape index (κ1) is 27.0. The van der Waals surface area contributed by atoms with Gasteiger partial charge in [0, 0.05) is 18.7 Å². The molecule has 2 heterocycles. The van der Waals surface area contributed by atoms with Crippen molar-refractivity contribution >= 4 is 43.5 Å². The Kier molecular flexibility index (Phi) is 8.12. The predicted molar refractivity (Wildman–Crippen MR) is 138 cm³/mol. The molecule has 0 N–H and O–H groups in total. The fourth-order valence-corrected chi connectivity index (χ4v) is 6.80. The summed E-state index contributed by atoms with van der Waals surface area (Å²) in [5.41, 5.74) is 0.932. The number of aromatic nitrogens is 1. The van der Waals surface area contributed by atoms with Gasteiger partial charge in [-0.2, -0.15) is 9.30 Å². The minimum atomic E-state index is -3.73. The van der Waals surface area contributed by atoms with E-state index in [2.05, 4.69) is 4.99 Å². The highest BCUT2D eigenvalue weighted by atomic mass is 32.2. The molecule has 1 aromatic heterocycles. The lowest BCUT2D eigenvalue weighted by Crippen LogP contribution is -2.48. The molecule has 1 fully saturated rings. The average molecular weight is 548 g/mol. The maximum atomic E-state index is 13.1. The van der Waals surface area contributed by atoms with Gasteiger partial charge in [-0.3, -0.25) is 9.59 Å². The van der Waals surface area contributed by atoms with Crippen LogP contribution in [0.25, 0.3) is 10.2 Å². The Morgan fingerprint density at radius 2 is 1.78 bits per heavy atom. The van der Waals surface area contributed by atoms with E-state index in [0.29, 0.717) is 16.1 Å². The first-order chi connectivity index (χ1) is 17.6. The summed E-state index contributed by atoms with van der Waals surface area (Å²) in [5, 5.41) is 0. The van der Waals surface area contributed by atoms with Crippen LogP contribution in [0.2, 0.25) is 0 Å². The number of carbonyl (C=O) groups is 2. The third-order valence-corrected chi connectivity index (χ3v) is 8.69. The number of rotatable bonds is 7. The highest BCUT2D eigenvalue weighted by molar-refractivity contribution is 7.89. The molecule has 1 aliphatic heterocycles. The van der Waals surface area contributed by atoms with Crippen LogP contribution in [0, 0.1) is 0 Å². The number of hydrogen-bond acceptors (Lipinski definition) is 8. The van der Waals surface area contributed by atoms with E-state index in [0.717, 1.165) is 4.70 Å².